The van der Waals surface area contributed by atoms with Crippen LogP contribution in [0, 0.1) is 0 Å². The molecule has 0 radical (unpaired) electrons. The summed E-state index contributed by atoms with van der Waals surface area (Å²) in [5, 5.41) is 5.28. The quantitative estimate of drug-likeness (QED) is 0.724. The molecule has 0 spiro atoms. The zero-order chi connectivity index (χ0) is 12.7. The van der Waals surface area contributed by atoms with Gasteiger partial charge in [0.05, 0.1) is 0 Å². The molecular formula is C12H17N3O2. The van der Waals surface area contributed by atoms with E-state index in [4.69, 9.17) is 5.73 Å². The summed E-state index contributed by atoms with van der Waals surface area (Å²) in [6.45, 7) is 2.46. The van der Waals surface area contributed by atoms with Crippen LogP contribution in [0.1, 0.15) is 25.3 Å². The lowest BCUT2D eigenvalue weighted by molar-refractivity contribution is -0.121. The summed E-state index contributed by atoms with van der Waals surface area (Å²) in [5.74, 6) is 0.0480. The van der Waals surface area contributed by atoms with E-state index in [9.17, 15) is 9.59 Å². The first-order chi connectivity index (χ1) is 8.11. The number of primary amides is 1. The van der Waals surface area contributed by atoms with Crippen LogP contribution in [0.5, 0.6) is 0 Å². The average molecular weight is 235 g/mol. The van der Waals surface area contributed by atoms with Gasteiger partial charge in [-0.05, 0) is 24.1 Å². The van der Waals surface area contributed by atoms with E-state index in [0.717, 1.165) is 12.0 Å². The molecule has 0 fully saturated rings. The molecule has 0 unspecified atom stereocenters. The van der Waals surface area contributed by atoms with Gasteiger partial charge in [0.25, 0.3) is 0 Å². The molecule has 0 heterocycles. The Hall–Kier alpha value is -2.04. The fourth-order valence-electron chi connectivity index (χ4n) is 1.36. The maximum Gasteiger partial charge on any atom is 0.316 e. The highest BCUT2D eigenvalue weighted by molar-refractivity contribution is 5.87. The van der Waals surface area contributed by atoms with Crippen LogP contribution >= 0.6 is 0 Å². The van der Waals surface area contributed by atoms with Gasteiger partial charge < -0.3 is 16.4 Å². The van der Waals surface area contributed by atoms with Gasteiger partial charge in [0, 0.05) is 18.7 Å². The van der Waals surface area contributed by atoms with Crippen molar-refractivity contribution in [1.29, 1.82) is 0 Å². The van der Waals surface area contributed by atoms with Crippen molar-refractivity contribution in [1.82, 2.24) is 5.32 Å². The van der Waals surface area contributed by atoms with E-state index in [1.165, 1.54) is 0 Å². The molecule has 0 bridgehead atoms. The Morgan fingerprint density at radius 3 is 2.41 bits per heavy atom. The van der Waals surface area contributed by atoms with Crippen LogP contribution in [0.15, 0.2) is 24.3 Å². The first-order valence-electron chi connectivity index (χ1n) is 5.54. The Kier molecular flexibility index (Phi) is 5.00. The molecule has 4 N–H and O–H groups in total. The van der Waals surface area contributed by atoms with Gasteiger partial charge in [0.15, 0.2) is 0 Å². The summed E-state index contributed by atoms with van der Waals surface area (Å²) in [6, 6.07) is 6.56. The molecule has 0 aliphatic rings. The third-order valence-electron chi connectivity index (χ3n) is 2.19. The Balaban J connectivity index is 2.45. The lowest BCUT2D eigenvalue weighted by Crippen LogP contribution is -2.22. The second-order valence-corrected chi connectivity index (χ2v) is 3.71. The molecule has 0 saturated heterocycles. The van der Waals surface area contributed by atoms with Gasteiger partial charge in [-0.15, -0.1) is 0 Å². The Morgan fingerprint density at radius 2 is 1.88 bits per heavy atom. The zero-order valence-electron chi connectivity index (χ0n) is 9.82. The summed E-state index contributed by atoms with van der Waals surface area (Å²) in [4.78, 5) is 21.8. The number of nitrogens with two attached hydrogens (primary N) is 1. The lowest BCUT2D eigenvalue weighted by atomic mass is 10.2. The lowest BCUT2D eigenvalue weighted by Gasteiger charge is -2.06. The minimum Gasteiger partial charge on any atom is -0.352 e. The van der Waals surface area contributed by atoms with Gasteiger partial charge >= 0.3 is 6.03 Å². The first kappa shape index (κ1) is 13.0. The molecule has 0 aliphatic heterocycles. The summed E-state index contributed by atoms with van der Waals surface area (Å²) in [6.07, 6.45) is 1.38. The smallest absolute Gasteiger partial charge is 0.316 e. The van der Waals surface area contributed by atoms with Crippen molar-refractivity contribution in [3.8, 4) is 0 Å². The van der Waals surface area contributed by atoms with Gasteiger partial charge in [-0.3, -0.25) is 4.79 Å². The molecular weight excluding hydrogens is 218 g/mol. The van der Waals surface area contributed by atoms with Gasteiger partial charge in [0.2, 0.25) is 5.91 Å². The van der Waals surface area contributed by atoms with Crippen LogP contribution in [0.3, 0.4) is 0 Å². The van der Waals surface area contributed by atoms with Crippen LogP contribution in [0.2, 0.25) is 0 Å². The predicted octanol–water partition coefficient (Wildman–Crippen LogP) is 1.59. The number of amides is 3. The molecule has 92 valence electrons. The molecule has 1 aromatic carbocycles. The fraction of sp³-hybridized carbons (Fsp3) is 0.333. The van der Waals surface area contributed by atoms with E-state index in [1.54, 1.807) is 12.1 Å². The van der Waals surface area contributed by atoms with Gasteiger partial charge in [-0.25, -0.2) is 4.79 Å². The summed E-state index contributed by atoms with van der Waals surface area (Å²) in [5.41, 5.74) is 6.60. The van der Waals surface area contributed by atoms with Crippen molar-refractivity contribution < 1.29 is 9.59 Å². The van der Waals surface area contributed by atoms with E-state index >= 15 is 0 Å². The number of nitrogens with one attached hydrogen (secondary N) is 2. The molecule has 0 aliphatic carbocycles. The SMILES string of the molecule is CCCC(=O)NCc1ccc(NC(N)=O)cc1. The third kappa shape index (κ3) is 5.01. The second kappa shape index (κ2) is 6.52. The number of carbonyl (C=O) groups excluding carboxylic acids is 2. The monoisotopic (exact) mass is 235 g/mol. The van der Waals surface area contributed by atoms with Crippen LogP contribution in [-0.2, 0) is 11.3 Å². The van der Waals surface area contributed by atoms with Crippen molar-refractivity contribution in [2.75, 3.05) is 5.32 Å². The highest BCUT2D eigenvalue weighted by Gasteiger charge is 2.00. The largest absolute Gasteiger partial charge is 0.352 e. The Labute approximate surface area is 100 Å². The van der Waals surface area contributed by atoms with E-state index in [1.807, 2.05) is 19.1 Å². The molecule has 1 aromatic rings. The van der Waals surface area contributed by atoms with Crippen molar-refractivity contribution in [3.05, 3.63) is 29.8 Å². The average Bonchev–Trinajstić information content (AvgIpc) is 2.28. The van der Waals surface area contributed by atoms with E-state index < -0.39 is 6.03 Å². The fourth-order valence-corrected chi connectivity index (χ4v) is 1.36. The van der Waals surface area contributed by atoms with Crippen LogP contribution in [0.4, 0.5) is 10.5 Å². The number of carbonyl (C=O) groups is 2. The molecule has 5 heteroatoms. The summed E-state index contributed by atoms with van der Waals surface area (Å²) in [7, 11) is 0. The molecule has 0 aromatic heterocycles. The molecule has 5 nitrogen and oxygen atoms in total. The first-order valence-corrected chi connectivity index (χ1v) is 5.54. The number of hydrogen-bond donors (Lipinski definition) is 3. The second-order valence-electron chi connectivity index (χ2n) is 3.71. The summed E-state index contributed by atoms with van der Waals surface area (Å²) < 4.78 is 0. The van der Waals surface area contributed by atoms with E-state index in [2.05, 4.69) is 10.6 Å². The maximum atomic E-state index is 11.2. The van der Waals surface area contributed by atoms with Gasteiger partial charge in [-0.2, -0.15) is 0 Å². The van der Waals surface area contributed by atoms with Crippen molar-refractivity contribution in [2.24, 2.45) is 5.73 Å². The normalized spacial score (nSPS) is 9.71. The molecule has 17 heavy (non-hydrogen) atoms. The number of urea groups is 1. The van der Waals surface area contributed by atoms with Crippen molar-refractivity contribution in [2.45, 2.75) is 26.3 Å². The number of benzene rings is 1. The standard InChI is InChI=1S/C12H17N3O2/c1-2-3-11(16)14-8-9-4-6-10(7-5-9)15-12(13)17/h4-7H,2-3,8H2,1H3,(H,14,16)(H3,13,15,17). The highest BCUT2D eigenvalue weighted by Crippen LogP contribution is 2.09. The predicted molar refractivity (Wildman–Crippen MR) is 66.4 cm³/mol. The molecule has 0 atom stereocenters. The number of hydrogen-bond acceptors (Lipinski definition) is 2. The zero-order valence-corrected chi connectivity index (χ0v) is 9.82. The van der Waals surface area contributed by atoms with E-state index in [0.29, 0.717) is 18.7 Å². The van der Waals surface area contributed by atoms with Crippen LogP contribution in [-0.4, -0.2) is 11.9 Å². The third-order valence-corrected chi connectivity index (χ3v) is 2.19. The Morgan fingerprint density at radius 1 is 1.24 bits per heavy atom. The maximum absolute atomic E-state index is 11.2. The highest BCUT2D eigenvalue weighted by atomic mass is 16.2. The minimum atomic E-state index is -0.589. The van der Waals surface area contributed by atoms with Crippen molar-refractivity contribution >= 4 is 17.6 Å². The molecule has 0 saturated carbocycles. The van der Waals surface area contributed by atoms with Gasteiger partial charge in [-0.1, -0.05) is 19.1 Å². The number of rotatable bonds is 5. The molecule has 3 amide bonds. The van der Waals surface area contributed by atoms with Crippen molar-refractivity contribution in [3.63, 3.8) is 0 Å². The summed E-state index contributed by atoms with van der Waals surface area (Å²) >= 11 is 0. The Bertz CT molecular complexity index is 387. The van der Waals surface area contributed by atoms with Crippen LogP contribution < -0.4 is 16.4 Å². The van der Waals surface area contributed by atoms with Gasteiger partial charge in [0.1, 0.15) is 0 Å². The van der Waals surface area contributed by atoms with E-state index in [-0.39, 0.29) is 5.91 Å². The topological polar surface area (TPSA) is 84.2 Å². The number of anilines is 1. The minimum absolute atomic E-state index is 0.0480. The molecule has 1 rings (SSSR count). The van der Waals surface area contributed by atoms with Crippen LogP contribution in [0.25, 0.3) is 0 Å².